The number of hydrogen-bond donors (Lipinski definition) is 0. The van der Waals surface area contributed by atoms with Crippen LogP contribution in [0.4, 0.5) is 0 Å². The summed E-state index contributed by atoms with van der Waals surface area (Å²) in [6.07, 6.45) is 4.73. The maximum atomic E-state index is 2.41. The minimum atomic E-state index is 1.19. The second-order valence-electron chi connectivity index (χ2n) is 21.6. The van der Waals surface area contributed by atoms with Gasteiger partial charge in [-0.05, 0) is 166 Å². The van der Waals surface area contributed by atoms with Crippen molar-refractivity contribution in [3.05, 3.63) is 314 Å². The lowest BCUT2D eigenvalue weighted by molar-refractivity contribution is 1.54. The SMILES string of the molecule is C(=Cc1ccc2c3c(cccc13)-c1c(-c3ccccc3)c(-c3ccccc3)c(-c3ccccc3)c(-c3ccccc3)c1-2)c1ccc2c3c(cccc13)-c1c(-c3ccccc3)c(-c3ccccc3)c(-c3ccccc3)c(-c3ccccc3)c1-2. The number of hydrogen-bond acceptors (Lipinski definition) is 0. The molecule has 0 spiro atoms. The van der Waals surface area contributed by atoms with Crippen molar-refractivity contribution in [2.75, 3.05) is 0 Å². The van der Waals surface area contributed by atoms with E-state index in [0.717, 1.165) is 0 Å². The van der Waals surface area contributed by atoms with Crippen LogP contribution in [0.1, 0.15) is 11.1 Å². The van der Waals surface area contributed by atoms with Crippen LogP contribution in [0.5, 0.6) is 0 Å². The molecule has 0 radical (unpaired) electrons. The smallest absolute Gasteiger partial charge is 0.000718 e. The van der Waals surface area contributed by atoms with Crippen LogP contribution in [0.2, 0.25) is 0 Å². The molecule has 0 saturated carbocycles. The molecular formula is C82H52. The maximum Gasteiger partial charge on any atom is -0.000718 e. The van der Waals surface area contributed by atoms with Crippen LogP contribution in [0.15, 0.2) is 303 Å². The summed E-state index contributed by atoms with van der Waals surface area (Å²) in [5, 5.41) is 5.06. The van der Waals surface area contributed by atoms with Crippen LogP contribution in [0.3, 0.4) is 0 Å². The second-order valence-corrected chi connectivity index (χ2v) is 21.6. The van der Waals surface area contributed by atoms with Gasteiger partial charge >= 0.3 is 0 Å². The molecule has 0 saturated heterocycles. The third-order valence-electron chi connectivity index (χ3n) is 17.2. The fourth-order valence-electron chi connectivity index (χ4n) is 13.9. The highest BCUT2D eigenvalue weighted by atomic mass is 14.4. The minimum absolute atomic E-state index is 1.19. The van der Waals surface area contributed by atoms with E-state index in [1.54, 1.807) is 0 Å². The number of fused-ring (bicyclic) bond motifs is 6. The molecule has 2 aliphatic carbocycles. The van der Waals surface area contributed by atoms with Crippen LogP contribution < -0.4 is 0 Å². The fourth-order valence-corrected chi connectivity index (χ4v) is 13.9. The molecule has 0 bridgehead atoms. The van der Waals surface area contributed by atoms with Crippen LogP contribution >= 0.6 is 0 Å². The summed E-state index contributed by atoms with van der Waals surface area (Å²) in [7, 11) is 0. The molecule has 0 N–H and O–H groups in total. The Balaban J connectivity index is 0.931. The molecule has 0 heteroatoms. The summed E-state index contributed by atoms with van der Waals surface area (Å²) < 4.78 is 0. The molecule has 2 aliphatic rings. The van der Waals surface area contributed by atoms with Gasteiger partial charge in [0.1, 0.15) is 0 Å². The first-order valence-electron chi connectivity index (χ1n) is 28.5. The Kier molecular flexibility index (Phi) is 11.3. The van der Waals surface area contributed by atoms with E-state index in [1.807, 2.05) is 0 Å². The van der Waals surface area contributed by atoms with Gasteiger partial charge in [0.25, 0.3) is 0 Å². The van der Waals surface area contributed by atoms with Crippen molar-refractivity contribution < 1.29 is 0 Å². The summed E-state index contributed by atoms with van der Waals surface area (Å²) in [6, 6.07) is 112. The van der Waals surface area contributed by atoms with Gasteiger partial charge < -0.3 is 0 Å². The highest BCUT2D eigenvalue weighted by Crippen LogP contribution is 2.63. The molecule has 380 valence electrons. The van der Waals surface area contributed by atoms with E-state index in [1.165, 1.54) is 166 Å². The van der Waals surface area contributed by atoms with Crippen LogP contribution in [0, 0.1) is 0 Å². The zero-order chi connectivity index (χ0) is 54.1. The monoisotopic (exact) mass is 1040 g/mol. The van der Waals surface area contributed by atoms with E-state index in [-0.39, 0.29) is 0 Å². The van der Waals surface area contributed by atoms with Crippen molar-refractivity contribution in [3.63, 3.8) is 0 Å². The van der Waals surface area contributed by atoms with Crippen molar-refractivity contribution in [2.45, 2.75) is 0 Å². The van der Waals surface area contributed by atoms with E-state index in [2.05, 4.69) is 315 Å². The first-order chi connectivity index (χ1) is 40.8. The second kappa shape index (κ2) is 19.6. The largest absolute Gasteiger partial charge is 0.0622 e. The maximum absolute atomic E-state index is 2.41. The van der Waals surface area contributed by atoms with Gasteiger partial charge in [-0.15, -0.1) is 0 Å². The molecule has 0 atom stereocenters. The Bertz CT molecular complexity index is 4270. The third kappa shape index (κ3) is 7.46. The van der Waals surface area contributed by atoms with Gasteiger partial charge in [0.2, 0.25) is 0 Å². The Morgan fingerprint density at radius 3 is 0.561 bits per heavy atom. The predicted octanol–water partition coefficient (Wildman–Crippen LogP) is 22.8. The normalized spacial score (nSPS) is 11.9. The zero-order valence-electron chi connectivity index (χ0n) is 45.0. The van der Waals surface area contributed by atoms with Crippen molar-refractivity contribution in [1.29, 1.82) is 0 Å². The third-order valence-corrected chi connectivity index (χ3v) is 17.2. The Morgan fingerprint density at radius 2 is 0.341 bits per heavy atom. The number of benzene rings is 14. The summed E-state index contributed by atoms with van der Waals surface area (Å²) in [6.45, 7) is 0. The van der Waals surface area contributed by atoms with Gasteiger partial charge in [-0.1, -0.05) is 315 Å². The predicted molar refractivity (Wildman–Crippen MR) is 349 cm³/mol. The Morgan fingerprint density at radius 1 is 0.146 bits per heavy atom. The molecule has 0 heterocycles. The lowest BCUT2D eigenvalue weighted by Crippen LogP contribution is -1.99. The van der Waals surface area contributed by atoms with E-state index in [0.29, 0.717) is 0 Å². The fraction of sp³-hybridized carbons (Fsp3) is 0. The van der Waals surface area contributed by atoms with Crippen LogP contribution in [-0.2, 0) is 0 Å². The zero-order valence-corrected chi connectivity index (χ0v) is 45.0. The van der Waals surface area contributed by atoms with E-state index >= 15 is 0 Å². The minimum Gasteiger partial charge on any atom is -0.0622 e. The highest BCUT2D eigenvalue weighted by Gasteiger charge is 2.36. The molecule has 0 unspecified atom stereocenters. The van der Waals surface area contributed by atoms with Crippen LogP contribution in [-0.4, -0.2) is 0 Å². The van der Waals surface area contributed by atoms with Crippen molar-refractivity contribution in [1.82, 2.24) is 0 Å². The number of rotatable bonds is 10. The molecule has 14 aromatic rings. The average Bonchev–Trinajstić information content (AvgIpc) is 2.34. The van der Waals surface area contributed by atoms with Gasteiger partial charge in [0, 0.05) is 0 Å². The van der Waals surface area contributed by atoms with E-state index in [4.69, 9.17) is 0 Å². The average molecular weight is 1040 g/mol. The molecule has 0 nitrogen and oxygen atoms in total. The molecule has 14 aromatic carbocycles. The van der Waals surface area contributed by atoms with Crippen molar-refractivity contribution in [2.24, 2.45) is 0 Å². The lowest BCUT2D eigenvalue weighted by atomic mass is 9.76. The van der Waals surface area contributed by atoms with Gasteiger partial charge in [0.05, 0.1) is 0 Å². The summed E-state index contributed by atoms with van der Waals surface area (Å²) in [5.74, 6) is 0. The Hall–Kier alpha value is -10.7. The van der Waals surface area contributed by atoms with Gasteiger partial charge in [-0.3, -0.25) is 0 Å². The quantitative estimate of drug-likeness (QED) is 0.120. The molecule has 0 aromatic heterocycles. The molecule has 82 heavy (non-hydrogen) atoms. The molecule has 0 fully saturated rings. The summed E-state index contributed by atoms with van der Waals surface area (Å²) >= 11 is 0. The van der Waals surface area contributed by atoms with Gasteiger partial charge in [-0.2, -0.15) is 0 Å². The first-order valence-corrected chi connectivity index (χ1v) is 28.5. The van der Waals surface area contributed by atoms with Crippen molar-refractivity contribution >= 4 is 33.7 Å². The molecular weight excluding hydrogens is 985 g/mol. The van der Waals surface area contributed by atoms with E-state index < -0.39 is 0 Å². The summed E-state index contributed by atoms with van der Waals surface area (Å²) in [5.41, 5.74) is 32.2. The van der Waals surface area contributed by atoms with E-state index in [9.17, 15) is 0 Å². The Labute approximate surface area is 478 Å². The summed E-state index contributed by atoms with van der Waals surface area (Å²) in [4.78, 5) is 0. The topological polar surface area (TPSA) is 0 Å². The first kappa shape index (κ1) is 47.3. The highest BCUT2D eigenvalue weighted by molar-refractivity contribution is 6.29. The molecule has 0 amide bonds. The van der Waals surface area contributed by atoms with Crippen molar-refractivity contribution in [3.8, 4) is 134 Å². The molecule has 16 rings (SSSR count). The molecule has 0 aliphatic heterocycles. The lowest BCUT2D eigenvalue weighted by Gasteiger charge is -2.26. The van der Waals surface area contributed by atoms with Gasteiger partial charge in [0.15, 0.2) is 0 Å². The standard InChI is InChI=1S/C82H52/c1-9-27-55(28-10-1)69-71(57-31-13-3-14-32-57)75(61-39-21-7-22-40-61)81-67-51-49-53(63-43-25-45-65(77(63)67)79(81)73(69)59-35-17-5-18-36-59)47-48-54-50-52-68-78-64(54)44-26-46-66(78)80-74(60-37-19-6-20-38-60)70(56-29-11-2-12-30-56)72(58-33-15-4-16-34-58)76(82(68)80)62-41-23-8-24-42-62/h1-52H. The van der Waals surface area contributed by atoms with Crippen LogP contribution in [0.25, 0.3) is 167 Å². The van der Waals surface area contributed by atoms with Gasteiger partial charge in [-0.25, -0.2) is 0 Å².